The molecule has 1 aromatic rings. The summed E-state index contributed by atoms with van der Waals surface area (Å²) >= 11 is 0. The van der Waals surface area contributed by atoms with E-state index in [9.17, 15) is 4.79 Å². The fourth-order valence-electron chi connectivity index (χ4n) is 1.55. The van der Waals surface area contributed by atoms with Gasteiger partial charge < -0.3 is 5.11 Å². The van der Waals surface area contributed by atoms with E-state index in [2.05, 4.69) is 0 Å². The van der Waals surface area contributed by atoms with E-state index >= 15 is 0 Å². The number of hydrogen-bond donors (Lipinski definition) is 1. The van der Waals surface area contributed by atoms with Gasteiger partial charge >= 0.3 is 5.97 Å². The fourth-order valence-corrected chi connectivity index (χ4v) is 1.55. The summed E-state index contributed by atoms with van der Waals surface area (Å²) in [5.74, 6) is -1.04. The number of carbonyl (C=O) groups is 1. The molecule has 1 unspecified atom stereocenters. The number of allylic oxidation sites excluding steroid dienone is 2. The second kappa shape index (κ2) is 6.11. The van der Waals surface area contributed by atoms with Gasteiger partial charge in [-0.15, -0.1) is 0 Å². The van der Waals surface area contributed by atoms with Crippen molar-refractivity contribution in [3.8, 4) is 0 Å². The molecule has 1 N–H and O–H groups in total. The van der Waals surface area contributed by atoms with Gasteiger partial charge in [0, 0.05) is 0 Å². The molecule has 0 bridgehead atoms. The van der Waals surface area contributed by atoms with Crippen LogP contribution in [0.25, 0.3) is 0 Å². The highest BCUT2D eigenvalue weighted by Crippen LogP contribution is 2.14. The first kappa shape index (κ1) is 12.5. The molecule has 2 heteroatoms. The molecule has 0 spiro atoms. The quantitative estimate of drug-likeness (QED) is 0.770. The second-order valence-corrected chi connectivity index (χ2v) is 4.24. The van der Waals surface area contributed by atoms with E-state index in [1.54, 1.807) is 0 Å². The van der Waals surface area contributed by atoms with E-state index in [4.69, 9.17) is 5.11 Å². The highest BCUT2D eigenvalue weighted by Gasteiger charge is 2.16. The largest absolute Gasteiger partial charge is 0.481 e. The van der Waals surface area contributed by atoms with Crippen molar-refractivity contribution in [3.63, 3.8) is 0 Å². The minimum Gasteiger partial charge on any atom is -0.481 e. The van der Waals surface area contributed by atoms with Gasteiger partial charge in [0.05, 0.1) is 5.92 Å². The lowest BCUT2D eigenvalue weighted by Gasteiger charge is -2.10. The highest BCUT2D eigenvalue weighted by atomic mass is 16.4. The second-order valence-electron chi connectivity index (χ2n) is 4.24. The molecule has 2 nitrogen and oxygen atoms in total. The van der Waals surface area contributed by atoms with Crippen molar-refractivity contribution in [2.75, 3.05) is 0 Å². The Bertz CT molecular complexity index is 362. The number of carboxylic acids is 1. The van der Waals surface area contributed by atoms with E-state index in [-0.39, 0.29) is 5.92 Å². The molecule has 0 amide bonds. The number of carboxylic acid groups (broad SMARTS) is 1. The predicted molar refractivity (Wildman–Crippen MR) is 65.3 cm³/mol. The molecule has 0 saturated carbocycles. The molecule has 0 saturated heterocycles. The number of aliphatic carboxylic acids is 1. The number of rotatable bonds is 5. The van der Waals surface area contributed by atoms with Crippen molar-refractivity contribution in [2.45, 2.75) is 26.7 Å². The van der Waals surface area contributed by atoms with Crippen LogP contribution in [-0.2, 0) is 11.2 Å². The topological polar surface area (TPSA) is 37.3 Å². The van der Waals surface area contributed by atoms with Crippen LogP contribution in [0.1, 0.15) is 25.8 Å². The molecule has 0 aliphatic heterocycles. The zero-order chi connectivity index (χ0) is 12.0. The fraction of sp³-hybridized carbons (Fsp3) is 0.357. The van der Waals surface area contributed by atoms with E-state index in [1.165, 1.54) is 5.57 Å². The Morgan fingerprint density at radius 2 is 1.94 bits per heavy atom. The van der Waals surface area contributed by atoms with Gasteiger partial charge in [0.25, 0.3) is 0 Å². The first-order valence-corrected chi connectivity index (χ1v) is 5.49. The SMILES string of the molecule is CC(C)=CCC(Cc1ccccc1)C(=O)O. The Labute approximate surface area is 96.6 Å². The minimum absolute atomic E-state index is 0.322. The molecule has 0 aliphatic carbocycles. The van der Waals surface area contributed by atoms with E-state index in [0.29, 0.717) is 12.8 Å². The van der Waals surface area contributed by atoms with Crippen LogP contribution in [0.5, 0.6) is 0 Å². The summed E-state index contributed by atoms with van der Waals surface area (Å²) in [5.41, 5.74) is 2.25. The Morgan fingerprint density at radius 1 is 1.31 bits per heavy atom. The van der Waals surface area contributed by atoms with Gasteiger partial charge in [0.15, 0.2) is 0 Å². The first-order chi connectivity index (χ1) is 7.59. The van der Waals surface area contributed by atoms with Crippen LogP contribution in [0.15, 0.2) is 42.0 Å². The van der Waals surface area contributed by atoms with E-state index in [0.717, 1.165) is 5.56 Å². The first-order valence-electron chi connectivity index (χ1n) is 5.49. The van der Waals surface area contributed by atoms with Crippen LogP contribution in [0.2, 0.25) is 0 Å². The third-order valence-corrected chi connectivity index (χ3v) is 2.48. The Hall–Kier alpha value is -1.57. The Kier molecular flexibility index (Phi) is 4.77. The molecule has 16 heavy (non-hydrogen) atoms. The van der Waals surface area contributed by atoms with Gasteiger partial charge in [0.2, 0.25) is 0 Å². The highest BCUT2D eigenvalue weighted by molar-refractivity contribution is 5.70. The molecule has 0 heterocycles. The van der Waals surface area contributed by atoms with Gasteiger partial charge in [-0.2, -0.15) is 0 Å². The zero-order valence-corrected chi connectivity index (χ0v) is 9.81. The summed E-state index contributed by atoms with van der Waals surface area (Å²) in [5, 5.41) is 9.12. The minimum atomic E-state index is -0.721. The van der Waals surface area contributed by atoms with Crippen molar-refractivity contribution in [3.05, 3.63) is 47.5 Å². The smallest absolute Gasteiger partial charge is 0.307 e. The predicted octanol–water partition coefficient (Wildman–Crippen LogP) is 3.29. The normalized spacial score (nSPS) is 11.9. The average molecular weight is 218 g/mol. The monoisotopic (exact) mass is 218 g/mol. The van der Waals surface area contributed by atoms with Crippen molar-refractivity contribution in [1.29, 1.82) is 0 Å². The third kappa shape index (κ3) is 4.30. The molecule has 1 aromatic carbocycles. The van der Waals surface area contributed by atoms with Gasteiger partial charge in [-0.25, -0.2) is 0 Å². The number of hydrogen-bond acceptors (Lipinski definition) is 1. The van der Waals surface area contributed by atoms with Gasteiger partial charge in [-0.3, -0.25) is 4.79 Å². The van der Waals surface area contributed by atoms with E-state index in [1.807, 2.05) is 50.3 Å². The molecule has 86 valence electrons. The van der Waals surface area contributed by atoms with Crippen molar-refractivity contribution in [2.24, 2.45) is 5.92 Å². The van der Waals surface area contributed by atoms with Crippen LogP contribution in [0.4, 0.5) is 0 Å². The average Bonchev–Trinajstić information content (AvgIpc) is 2.25. The Balaban J connectivity index is 2.66. The standard InChI is InChI=1S/C14H18O2/c1-11(2)8-9-13(14(15)16)10-12-6-4-3-5-7-12/h3-8,13H,9-10H2,1-2H3,(H,15,16). The lowest BCUT2D eigenvalue weighted by atomic mass is 9.95. The summed E-state index contributed by atoms with van der Waals surface area (Å²) < 4.78 is 0. The maximum absolute atomic E-state index is 11.1. The molecule has 0 aromatic heterocycles. The van der Waals surface area contributed by atoms with Crippen LogP contribution < -0.4 is 0 Å². The van der Waals surface area contributed by atoms with Crippen LogP contribution in [0.3, 0.4) is 0 Å². The molecule has 0 aliphatic rings. The van der Waals surface area contributed by atoms with Crippen LogP contribution in [-0.4, -0.2) is 11.1 Å². The van der Waals surface area contributed by atoms with Crippen LogP contribution >= 0.6 is 0 Å². The van der Waals surface area contributed by atoms with E-state index < -0.39 is 5.97 Å². The number of benzene rings is 1. The maximum atomic E-state index is 11.1. The Morgan fingerprint density at radius 3 is 2.44 bits per heavy atom. The molecule has 1 rings (SSSR count). The summed E-state index contributed by atoms with van der Waals surface area (Å²) in [6, 6.07) is 9.76. The summed E-state index contributed by atoms with van der Waals surface area (Å²) in [6.45, 7) is 3.98. The van der Waals surface area contributed by atoms with Gasteiger partial charge in [-0.1, -0.05) is 42.0 Å². The zero-order valence-electron chi connectivity index (χ0n) is 9.81. The molecule has 0 radical (unpaired) electrons. The van der Waals surface area contributed by atoms with Crippen LogP contribution in [0, 0.1) is 5.92 Å². The lowest BCUT2D eigenvalue weighted by molar-refractivity contribution is -0.141. The molecule has 1 atom stereocenters. The van der Waals surface area contributed by atoms with Gasteiger partial charge in [0.1, 0.15) is 0 Å². The van der Waals surface area contributed by atoms with Crippen molar-refractivity contribution >= 4 is 5.97 Å². The lowest BCUT2D eigenvalue weighted by Crippen LogP contribution is -2.15. The van der Waals surface area contributed by atoms with Gasteiger partial charge in [-0.05, 0) is 32.3 Å². The summed E-state index contributed by atoms with van der Waals surface area (Å²) in [4.78, 5) is 11.1. The maximum Gasteiger partial charge on any atom is 0.307 e. The molecular weight excluding hydrogens is 200 g/mol. The molecular formula is C14H18O2. The molecule has 0 fully saturated rings. The summed E-state index contributed by atoms with van der Waals surface area (Å²) in [7, 11) is 0. The van der Waals surface area contributed by atoms with Crippen molar-refractivity contribution in [1.82, 2.24) is 0 Å². The van der Waals surface area contributed by atoms with Crippen molar-refractivity contribution < 1.29 is 9.90 Å². The third-order valence-electron chi connectivity index (χ3n) is 2.48. The summed E-state index contributed by atoms with van der Waals surface area (Å²) in [6.07, 6.45) is 3.19.